The Bertz CT molecular complexity index is 968. The fourth-order valence-corrected chi connectivity index (χ4v) is 3.82. The van der Waals surface area contributed by atoms with Crippen molar-refractivity contribution in [1.82, 2.24) is 20.1 Å². The largest absolute Gasteiger partial charge is 0.485 e. The van der Waals surface area contributed by atoms with E-state index in [9.17, 15) is 4.79 Å². The third-order valence-electron chi connectivity index (χ3n) is 4.82. The molecule has 0 radical (unpaired) electrons. The van der Waals surface area contributed by atoms with Gasteiger partial charge in [0.2, 0.25) is 5.91 Å². The molecule has 2 aromatic carbocycles. The molecule has 1 N–H and O–H groups in total. The molecule has 0 saturated carbocycles. The fourth-order valence-electron chi connectivity index (χ4n) is 3.04. The Balaban J connectivity index is 1.81. The van der Waals surface area contributed by atoms with Gasteiger partial charge in [-0.25, -0.2) is 0 Å². The summed E-state index contributed by atoms with van der Waals surface area (Å²) in [4.78, 5) is 12.2. The van der Waals surface area contributed by atoms with E-state index < -0.39 is 0 Å². The molecule has 3 aromatic rings. The first-order valence-corrected chi connectivity index (χ1v) is 11.1. The van der Waals surface area contributed by atoms with Crippen molar-refractivity contribution in [3.8, 4) is 11.4 Å². The molecular formula is C23H28N4O2S. The molecule has 1 amide bonds. The first-order valence-electron chi connectivity index (χ1n) is 10.1. The lowest BCUT2D eigenvalue weighted by Gasteiger charge is -2.14. The Kier molecular flexibility index (Phi) is 7.52. The third kappa shape index (κ3) is 5.42. The molecule has 0 aliphatic rings. The Morgan fingerprint density at radius 3 is 2.47 bits per heavy atom. The van der Waals surface area contributed by atoms with Crippen LogP contribution in [-0.2, 0) is 11.4 Å². The molecule has 1 unspecified atom stereocenters. The highest BCUT2D eigenvalue weighted by atomic mass is 32.2. The van der Waals surface area contributed by atoms with Gasteiger partial charge in [0.15, 0.2) is 11.0 Å². The summed E-state index contributed by atoms with van der Waals surface area (Å²) in [7, 11) is 0. The number of hydrogen-bond donors (Lipinski definition) is 1. The fraction of sp³-hybridized carbons (Fsp3) is 0.348. The van der Waals surface area contributed by atoms with E-state index in [1.807, 2.05) is 80.8 Å². The van der Waals surface area contributed by atoms with Crippen molar-refractivity contribution in [2.45, 2.75) is 51.9 Å². The first-order chi connectivity index (χ1) is 14.5. The molecule has 3 rings (SSSR count). The van der Waals surface area contributed by atoms with Crippen molar-refractivity contribution in [3.63, 3.8) is 0 Å². The Morgan fingerprint density at radius 2 is 1.80 bits per heavy atom. The minimum atomic E-state index is -0.00898. The molecule has 0 bridgehead atoms. The maximum absolute atomic E-state index is 12.2. The monoisotopic (exact) mass is 424 g/mol. The molecule has 0 fully saturated rings. The van der Waals surface area contributed by atoms with E-state index in [2.05, 4.69) is 15.5 Å². The van der Waals surface area contributed by atoms with Gasteiger partial charge < -0.3 is 10.1 Å². The summed E-state index contributed by atoms with van der Waals surface area (Å²) in [6, 6.07) is 16.1. The van der Waals surface area contributed by atoms with Gasteiger partial charge >= 0.3 is 0 Å². The highest BCUT2D eigenvalue weighted by Crippen LogP contribution is 2.26. The number of rotatable bonds is 9. The number of nitrogens with one attached hydrogen (secondary N) is 1. The van der Waals surface area contributed by atoms with Gasteiger partial charge in [0.05, 0.1) is 5.75 Å². The van der Waals surface area contributed by atoms with Crippen molar-refractivity contribution < 1.29 is 9.53 Å². The summed E-state index contributed by atoms with van der Waals surface area (Å²) in [6.07, 6.45) is 0.899. The summed E-state index contributed by atoms with van der Waals surface area (Å²) >= 11 is 1.37. The quantitative estimate of drug-likeness (QED) is 0.513. The first kappa shape index (κ1) is 21.9. The maximum Gasteiger partial charge on any atom is 0.230 e. The van der Waals surface area contributed by atoms with Crippen molar-refractivity contribution in [3.05, 3.63) is 65.5 Å². The molecule has 6 nitrogen and oxygen atoms in total. The normalized spacial score (nSPS) is 11.9. The van der Waals surface area contributed by atoms with Crippen LogP contribution in [0.5, 0.6) is 5.75 Å². The van der Waals surface area contributed by atoms with Crippen LogP contribution in [0.1, 0.15) is 37.2 Å². The number of carbonyl (C=O) groups is 1. The second kappa shape index (κ2) is 10.3. The van der Waals surface area contributed by atoms with Crippen LogP contribution in [0, 0.1) is 13.8 Å². The predicted octanol–water partition coefficient (Wildman–Crippen LogP) is 4.47. The molecule has 1 heterocycles. The molecule has 0 spiro atoms. The zero-order valence-corrected chi connectivity index (χ0v) is 18.7. The second-order valence-electron chi connectivity index (χ2n) is 7.24. The van der Waals surface area contributed by atoms with Gasteiger partial charge in [0.1, 0.15) is 12.4 Å². The molecule has 0 saturated heterocycles. The minimum absolute atomic E-state index is 0.00898. The van der Waals surface area contributed by atoms with Gasteiger partial charge in [-0.3, -0.25) is 9.36 Å². The van der Waals surface area contributed by atoms with E-state index in [1.165, 1.54) is 11.8 Å². The number of para-hydroxylation sites is 2. The van der Waals surface area contributed by atoms with Gasteiger partial charge in [-0.2, -0.15) is 0 Å². The lowest BCUT2D eigenvalue weighted by Crippen LogP contribution is -2.33. The molecule has 1 aromatic heterocycles. The van der Waals surface area contributed by atoms with Crippen LogP contribution < -0.4 is 10.1 Å². The van der Waals surface area contributed by atoms with Crippen LogP contribution >= 0.6 is 11.8 Å². The number of nitrogens with zero attached hydrogens (tertiary/aromatic N) is 3. The predicted molar refractivity (Wildman–Crippen MR) is 120 cm³/mol. The van der Waals surface area contributed by atoms with Crippen LogP contribution in [0.2, 0.25) is 0 Å². The zero-order chi connectivity index (χ0) is 21.5. The Hall–Kier alpha value is -2.80. The summed E-state index contributed by atoms with van der Waals surface area (Å²) < 4.78 is 8.06. The van der Waals surface area contributed by atoms with Gasteiger partial charge in [0, 0.05) is 11.7 Å². The van der Waals surface area contributed by atoms with Gasteiger partial charge in [-0.05, 0) is 50.5 Å². The van der Waals surface area contributed by atoms with E-state index in [1.54, 1.807) is 0 Å². The van der Waals surface area contributed by atoms with Gasteiger partial charge in [-0.1, -0.05) is 55.1 Å². The topological polar surface area (TPSA) is 69.0 Å². The summed E-state index contributed by atoms with van der Waals surface area (Å²) in [5.41, 5.74) is 3.10. The highest BCUT2D eigenvalue weighted by molar-refractivity contribution is 7.99. The lowest BCUT2D eigenvalue weighted by molar-refractivity contribution is -0.119. The van der Waals surface area contributed by atoms with E-state index in [0.717, 1.165) is 29.0 Å². The molecule has 30 heavy (non-hydrogen) atoms. The number of thioether (sulfide) groups is 1. The highest BCUT2D eigenvalue weighted by Gasteiger charge is 2.17. The van der Waals surface area contributed by atoms with Crippen molar-refractivity contribution in [1.29, 1.82) is 0 Å². The second-order valence-corrected chi connectivity index (χ2v) is 8.19. The van der Waals surface area contributed by atoms with Crippen LogP contribution in [-0.4, -0.2) is 32.5 Å². The standard InChI is InChI=1S/C23H28N4O2S/c1-5-18(4)24-21(28)15-30-23-26-25-20(27(23)19-12-7-6-8-13-19)14-29-22-16(2)10-9-11-17(22)3/h6-13,18H,5,14-15H2,1-4H3,(H,24,28). The van der Waals surface area contributed by atoms with E-state index in [-0.39, 0.29) is 24.3 Å². The molecule has 158 valence electrons. The summed E-state index contributed by atoms with van der Waals surface area (Å²) in [6.45, 7) is 8.39. The number of amides is 1. The number of hydrogen-bond acceptors (Lipinski definition) is 5. The van der Waals surface area contributed by atoms with Gasteiger partial charge in [-0.15, -0.1) is 10.2 Å². The summed E-state index contributed by atoms with van der Waals surface area (Å²) in [5, 5.41) is 12.3. The van der Waals surface area contributed by atoms with Crippen molar-refractivity contribution >= 4 is 17.7 Å². The summed E-state index contributed by atoms with van der Waals surface area (Å²) in [5.74, 6) is 1.83. The Labute approximate surface area is 182 Å². The SMILES string of the molecule is CCC(C)NC(=O)CSc1nnc(COc2c(C)cccc2C)n1-c1ccccc1. The van der Waals surface area contributed by atoms with Crippen LogP contribution in [0.15, 0.2) is 53.7 Å². The lowest BCUT2D eigenvalue weighted by atomic mass is 10.1. The van der Waals surface area contributed by atoms with Crippen molar-refractivity contribution in [2.75, 3.05) is 5.75 Å². The van der Waals surface area contributed by atoms with E-state index in [4.69, 9.17) is 4.74 Å². The zero-order valence-electron chi connectivity index (χ0n) is 17.9. The Morgan fingerprint density at radius 1 is 1.10 bits per heavy atom. The average Bonchev–Trinajstić information content (AvgIpc) is 3.15. The minimum Gasteiger partial charge on any atom is -0.485 e. The van der Waals surface area contributed by atoms with Crippen LogP contribution in [0.25, 0.3) is 5.69 Å². The van der Waals surface area contributed by atoms with Crippen LogP contribution in [0.3, 0.4) is 0 Å². The van der Waals surface area contributed by atoms with E-state index >= 15 is 0 Å². The number of carbonyl (C=O) groups excluding carboxylic acids is 1. The molecule has 0 aliphatic carbocycles. The molecule has 1 atom stereocenters. The van der Waals surface area contributed by atoms with Gasteiger partial charge in [0.25, 0.3) is 0 Å². The number of aryl methyl sites for hydroxylation is 2. The van der Waals surface area contributed by atoms with Crippen LogP contribution in [0.4, 0.5) is 0 Å². The average molecular weight is 425 g/mol. The molecule has 7 heteroatoms. The molecular weight excluding hydrogens is 396 g/mol. The number of benzene rings is 2. The third-order valence-corrected chi connectivity index (χ3v) is 5.75. The number of ether oxygens (including phenoxy) is 1. The molecule has 0 aliphatic heterocycles. The van der Waals surface area contributed by atoms with E-state index in [0.29, 0.717) is 11.0 Å². The smallest absolute Gasteiger partial charge is 0.230 e. The number of aromatic nitrogens is 3. The van der Waals surface area contributed by atoms with Crippen molar-refractivity contribution in [2.24, 2.45) is 0 Å². The maximum atomic E-state index is 12.2.